The lowest BCUT2D eigenvalue weighted by molar-refractivity contribution is 0.0784. The summed E-state index contributed by atoms with van der Waals surface area (Å²) in [5.41, 5.74) is 1.65. The third kappa shape index (κ3) is 3.44. The number of carbonyl (C=O) groups excluding carboxylic acids is 1. The van der Waals surface area contributed by atoms with Crippen LogP contribution in [0, 0.1) is 0 Å². The van der Waals surface area contributed by atoms with Crippen molar-refractivity contribution in [2.24, 2.45) is 0 Å². The van der Waals surface area contributed by atoms with E-state index >= 15 is 0 Å². The van der Waals surface area contributed by atoms with Gasteiger partial charge in [0.2, 0.25) is 0 Å². The van der Waals surface area contributed by atoms with Gasteiger partial charge in [0.1, 0.15) is 5.75 Å². The molecule has 24 heavy (non-hydrogen) atoms. The van der Waals surface area contributed by atoms with E-state index in [0.29, 0.717) is 12.1 Å². The predicted molar refractivity (Wildman–Crippen MR) is 100 cm³/mol. The van der Waals surface area contributed by atoms with Gasteiger partial charge in [-0.25, -0.2) is 0 Å². The molecule has 0 aliphatic heterocycles. The minimum atomic E-state index is -0.0113. The highest BCUT2D eigenvalue weighted by molar-refractivity contribution is 9.10. The second-order valence-electron chi connectivity index (χ2n) is 5.68. The molecule has 3 aromatic carbocycles. The van der Waals surface area contributed by atoms with Gasteiger partial charge in [-0.1, -0.05) is 46.3 Å². The van der Waals surface area contributed by atoms with Crippen molar-refractivity contribution in [2.75, 3.05) is 14.2 Å². The number of hydrogen-bond acceptors (Lipinski definition) is 2. The second-order valence-corrected chi connectivity index (χ2v) is 6.59. The van der Waals surface area contributed by atoms with Gasteiger partial charge >= 0.3 is 0 Å². The van der Waals surface area contributed by atoms with Crippen LogP contribution in [0.15, 0.2) is 65.1 Å². The predicted octanol–water partition coefficient (Wildman–Crippen LogP) is 4.88. The molecule has 0 spiro atoms. The standard InChI is InChI=1S/C20H18BrNO2/c1-22(13-17-12-18(21)9-10-19(17)24-2)20(23)16-8-7-14-5-3-4-6-15(14)11-16/h3-12H,13H2,1-2H3. The minimum Gasteiger partial charge on any atom is -0.496 e. The lowest BCUT2D eigenvalue weighted by Gasteiger charge is -2.19. The zero-order valence-electron chi connectivity index (χ0n) is 13.6. The normalized spacial score (nSPS) is 10.6. The van der Waals surface area contributed by atoms with Crippen LogP contribution in [0.2, 0.25) is 0 Å². The summed E-state index contributed by atoms with van der Waals surface area (Å²) in [5, 5.41) is 2.20. The van der Waals surface area contributed by atoms with E-state index in [4.69, 9.17) is 4.74 Å². The van der Waals surface area contributed by atoms with Gasteiger partial charge in [0, 0.05) is 29.2 Å². The molecule has 3 nitrogen and oxygen atoms in total. The highest BCUT2D eigenvalue weighted by Crippen LogP contribution is 2.25. The lowest BCUT2D eigenvalue weighted by atomic mass is 10.1. The number of benzene rings is 3. The Morgan fingerprint density at radius 1 is 1.04 bits per heavy atom. The van der Waals surface area contributed by atoms with Crippen LogP contribution in [-0.4, -0.2) is 25.0 Å². The summed E-state index contributed by atoms with van der Waals surface area (Å²) in [7, 11) is 3.44. The molecule has 0 atom stereocenters. The molecule has 1 amide bonds. The van der Waals surface area contributed by atoms with Gasteiger partial charge in [-0.15, -0.1) is 0 Å². The maximum Gasteiger partial charge on any atom is 0.253 e. The van der Waals surface area contributed by atoms with E-state index in [9.17, 15) is 4.79 Å². The van der Waals surface area contributed by atoms with Crippen LogP contribution in [0.3, 0.4) is 0 Å². The Kier molecular flexibility index (Phi) is 4.86. The van der Waals surface area contributed by atoms with Gasteiger partial charge in [0.15, 0.2) is 0 Å². The van der Waals surface area contributed by atoms with Gasteiger partial charge in [0.25, 0.3) is 5.91 Å². The number of rotatable bonds is 4. The van der Waals surface area contributed by atoms with Crippen molar-refractivity contribution in [1.82, 2.24) is 4.90 Å². The SMILES string of the molecule is COc1ccc(Br)cc1CN(C)C(=O)c1ccc2ccccc2c1. The molecule has 0 aliphatic carbocycles. The topological polar surface area (TPSA) is 29.5 Å². The van der Waals surface area contributed by atoms with E-state index in [1.54, 1.807) is 19.1 Å². The Hall–Kier alpha value is -2.33. The quantitative estimate of drug-likeness (QED) is 0.642. The van der Waals surface area contributed by atoms with Crippen LogP contribution in [0.5, 0.6) is 5.75 Å². The Bertz CT molecular complexity index is 892. The number of ether oxygens (including phenoxy) is 1. The summed E-state index contributed by atoms with van der Waals surface area (Å²) < 4.78 is 6.35. The molecule has 4 heteroatoms. The third-order valence-electron chi connectivity index (χ3n) is 3.99. The van der Waals surface area contributed by atoms with Gasteiger partial charge in [0.05, 0.1) is 7.11 Å². The molecule has 0 heterocycles. The fraction of sp³-hybridized carbons (Fsp3) is 0.150. The second kappa shape index (κ2) is 7.05. The summed E-state index contributed by atoms with van der Waals surface area (Å²) in [4.78, 5) is 14.5. The number of halogens is 1. The summed E-state index contributed by atoms with van der Waals surface area (Å²) in [6, 6.07) is 19.6. The summed E-state index contributed by atoms with van der Waals surface area (Å²) in [5.74, 6) is 0.763. The van der Waals surface area contributed by atoms with Gasteiger partial charge in [-0.3, -0.25) is 4.79 Å². The molecule has 0 saturated carbocycles. The van der Waals surface area contributed by atoms with Crippen LogP contribution in [0.1, 0.15) is 15.9 Å². The van der Waals surface area contributed by atoms with E-state index in [2.05, 4.69) is 15.9 Å². The largest absolute Gasteiger partial charge is 0.496 e. The molecular weight excluding hydrogens is 366 g/mol. The molecule has 0 N–H and O–H groups in total. The first-order chi connectivity index (χ1) is 11.6. The molecule has 0 unspecified atom stereocenters. The molecule has 0 radical (unpaired) electrons. The average molecular weight is 384 g/mol. The van der Waals surface area contributed by atoms with Crippen LogP contribution in [0.4, 0.5) is 0 Å². The van der Waals surface area contributed by atoms with Crippen LogP contribution >= 0.6 is 15.9 Å². The Morgan fingerprint density at radius 3 is 2.54 bits per heavy atom. The monoisotopic (exact) mass is 383 g/mol. The highest BCUT2D eigenvalue weighted by atomic mass is 79.9. The maximum atomic E-state index is 12.8. The first kappa shape index (κ1) is 16.5. The van der Waals surface area contributed by atoms with Crippen molar-refractivity contribution in [3.8, 4) is 5.75 Å². The number of carbonyl (C=O) groups is 1. The highest BCUT2D eigenvalue weighted by Gasteiger charge is 2.15. The Balaban J connectivity index is 1.85. The lowest BCUT2D eigenvalue weighted by Crippen LogP contribution is -2.26. The smallest absolute Gasteiger partial charge is 0.253 e. The molecular formula is C20H18BrNO2. The van der Waals surface area contributed by atoms with Gasteiger partial charge in [-0.05, 0) is 41.1 Å². The average Bonchev–Trinajstić information content (AvgIpc) is 2.61. The van der Waals surface area contributed by atoms with Gasteiger partial charge < -0.3 is 9.64 Å². The number of fused-ring (bicyclic) bond motifs is 1. The van der Waals surface area contributed by atoms with E-state index in [0.717, 1.165) is 26.6 Å². The van der Waals surface area contributed by atoms with Crippen LogP contribution in [-0.2, 0) is 6.54 Å². The number of nitrogens with zero attached hydrogens (tertiary/aromatic N) is 1. The summed E-state index contributed by atoms with van der Waals surface area (Å²) >= 11 is 3.47. The number of methoxy groups -OCH3 is 1. The molecule has 0 aliphatic rings. The van der Waals surface area contributed by atoms with Gasteiger partial charge in [-0.2, -0.15) is 0 Å². The van der Waals surface area contributed by atoms with Crippen molar-refractivity contribution in [2.45, 2.75) is 6.54 Å². The summed E-state index contributed by atoms with van der Waals surface area (Å²) in [6.07, 6.45) is 0. The molecule has 3 aromatic rings. The number of amides is 1. The van der Waals surface area contributed by atoms with Crippen LogP contribution in [0.25, 0.3) is 10.8 Å². The molecule has 0 bridgehead atoms. The maximum absolute atomic E-state index is 12.8. The van der Waals surface area contributed by atoms with Crippen molar-refractivity contribution in [3.05, 3.63) is 76.3 Å². The molecule has 122 valence electrons. The zero-order chi connectivity index (χ0) is 17.1. The summed E-state index contributed by atoms with van der Waals surface area (Å²) in [6.45, 7) is 0.480. The van der Waals surface area contributed by atoms with Crippen molar-refractivity contribution < 1.29 is 9.53 Å². The third-order valence-corrected chi connectivity index (χ3v) is 4.49. The van der Waals surface area contributed by atoms with E-state index < -0.39 is 0 Å². The van der Waals surface area contributed by atoms with E-state index in [-0.39, 0.29) is 5.91 Å². The fourth-order valence-electron chi connectivity index (χ4n) is 2.74. The fourth-order valence-corrected chi connectivity index (χ4v) is 3.15. The molecule has 0 fully saturated rings. The zero-order valence-corrected chi connectivity index (χ0v) is 15.2. The molecule has 3 rings (SSSR count). The number of hydrogen-bond donors (Lipinski definition) is 0. The molecule has 0 saturated heterocycles. The van der Waals surface area contributed by atoms with E-state index in [1.165, 1.54) is 0 Å². The van der Waals surface area contributed by atoms with Crippen molar-refractivity contribution >= 4 is 32.6 Å². The van der Waals surface area contributed by atoms with E-state index in [1.807, 2.05) is 60.7 Å². The van der Waals surface area contributed by atoms with Crippen molar-refractivity contribution in [1.29, 1.82) is 0 Å². The minimum absolute atomic E-state index is 0.0113. The first-order valence-corrected chi connectivity index (χ1v) is 8.44. The first-order valence-electron chi connectivity index (χ1n) is 7.65. The molecule has 0 aromatic heterocycles. The Morgan fingerprint density at radius 2 is 1.79 bits per heavy atom. The van der Waals surface area contributed by atoms with Crippen molar-refractivity contribution in [3.63, 3.8) is 0 Å². The van der Waals surface area contributed by atoms with Crippen LogP contribution < -0.4 is 4.74 Å². The Labute approximate surface area is 150 Å².